The van der Waals surface area contributed by atoms with Gasteiger partial charge in [0.1, 0.15) is 5.69 Å². The molecule has 0 amide bonds. The maximum absolute atomic E-state index is 10.8. The lowest BCUT2D eigenvalue weighted by Crippen LogP contribution is -2.29. The van der Waals surface area contributed by atoms with Gasteiger partial charge in [0.15, 0.2) is 11.5 Å². The Kier molecular flexibility index (Phi) is 2.29. The van der Waals surface area contributed by atoms with E-state index in [4.69, 9.17) is 15.0 Å². The Morgan fingerprint density at radius 3 is 2.53 bits per heavy atom. The highest BCUT2D eigenvalue weighted by molar-refractivity contribution is 5.66. The number of rotatable bonds is 2. The van der Waals surface area contributed by atoms with Gasteiger partial charge in [0.05, 0.1) is 11.0 Å². The van der Waals surface area contributed by atoms with Crippen LogP contribution in [0, 0.1) is 10.1 Å². The Bertz CT molecular complexity index is 515. The fourth-order valence-corrected chi connectivity index (χ4v) is 1.52. The predicted molar refractivity (Wildman–Crippen MR) is 57.2 cm³/mol. The topological polar surface area (TPSA) is 110 Å². The monoisotopic (exact) mass is 236 g/mol. The molecule has 0 spiro atoms. The Hall–Kier alpha value is -2.47. The summed E-state index contributed by atoms with van der Waals surface area (Å²) in [5.74, 6) is -0.299. The minimum Gasteiger partial charge on any atom is -0.449 e. The average Bonchev–Trinajstić information content (AvgIpc) is 2.50. The molecule has 0 aliphatic carbocycles. The standard InChI is InChI=1S/C9H8N4O4/c1-9(2)16-7-3-5(11-12-10)6(13(14)15)4-8(7)17-9/h3-4H,1-2H3. The maximum atomic E-state index is 10.8. The summed E-state index contributed by atoms with van der Waals surface area (Å²) in [6.07, 6.45) is 0. The summed E-state index contributed by atoms with van der Waals surface area (Å²) in [5.41, 5.74) is 7.92. The van der Waals surface area contributed by atoms with Crippen molar-refractivity contribution >= 4 is 11.4 Å². The number of fused-ring (bicyclic) bond motifs is 1. The van der Waals surface area contributed by atoms with Gasteiger partial charge in [-0.05, 0) is 5.53 Å². The number of benzene rings is 1. The normalized spacial score (nSPS) is 15.2. The molecule has 0 aromatic heterocycles. The van der Waals surface area contributed by atoms with Crippen LogP contribution >= 0.6 is 0 Å². The molecular weight excluding hydrogens is 228 g/mol. The highest BCUT2D eigenvalue weighted by atomic mass is 16.7. The Morgan fingerprint density at radius 2 is 2.00 bits per heavy atom. The third-order valence-corrected chi connectivity index (χ3v) is 2.10. The van der Waals surface area contributed by atoms with Gasteiger partial charge >= 0.3 is 0 Å². The molecule has 17 heavy (non-hydrogen) atoms. The molecule has 1 aliphatic heterocycles. The van der Waals surface area contributed by atoms with Gasteiger partial charge in [-0.1, -0.05) is 5.11 Å². The van der Waals surface area contributed by atoms with Gasteiger partial charge in [0, 0.05) is 24.8 Å². The van der Waals surface area contributed by atoms with Gasteiger partial charge in [-0.3, -0.25) is 10.1 Å². The third kappa shape index (κ3) is 1.93. The first-order valence-electron chi connectivity index (χ1n) is 4.68. The van der Waals surface area contributed by atoms with Gasteiger partial charge in [-0.25, -0.2) is 0 Å². The van der Waals surface area contributed by atoms with Crippen molar-refractivity contribution in [3.05, 3.63) is 32.7 Å². The molecule has 0 radical (unpaired) electrons. The van der Waals surface area contributed by atoms with Crippen molar-refractivity contribution in [1.29, 1.82) is 0 Å². The van der Waals surface area contributed by atoms with Crippen LogP contribution in [0.15, 0.2) is 17.2 Å². The summed E-state index contributed by atoms with van der Waals surface area (Å²) < 4.78 is 10.7. The van der Waals surface area contributed by atoms with Gasteiger partial charge in [0.2, 0.25) is 5.79 Å². The van der Waals surface area contributed by atoms with Crippen LogP contribution in [0.2, 0.25) is 0 Å². The number of azide groups is 1. The van der Waals surface area contributed by atoms with Crippen LogP contribution in [0.1, 0.15) is 13.8 Å². The van der Waals surface area contributed by atoms with Crippen LogP contribution in [0.25, 0.3) is 10.4 Å². The minimum atomic E-state index is -0.884. The van der Waals surface area contributed by atoms with E-state index in [2.05, 4.69) is 10.0 Å². The Balaban J connectivity index is 2.58. The number of ether oxygens (including phenoxy) is 2. The molecule has 0 saturated heterocycles. The maximum Gasteiger partial charge on any atom is 0.282 e. The largest absolute Gasteiger partial charge is 0.449 e. The Morgan fingerprint density at radius 1 is 1.41 bits per heavy atom. The molecule has 88 valence electrons. The summed E-state index contributed by atoms with van der Waals surface area (Å²) in [6, 6.07) is 2.48. The van der Waals surface area contributed by atoms with E-state index in [1.165, 1.54) is 12.1 Å². The van der Waals surface area contributed by atoms with E-state index in [0.29, 0.717) is 5.75 Å². The molecule has 1 aliphatic rings. The zero-order valence-electron chi connectivity index (χ0n) is 9.08. The summed E-state index contributed by atoms with van der Waals surface area (Å²) >= 11 is 0. The van der Waals surface area contributed by atoms with Crippen LogP contribution in [0.3, 0.4) is 0 Å². The first-order valence-corrected chi connectivity index (χ1v) is 4.68. The molecule has 0 N–H and O–H groups in total. The number of hydrogen-bond acceptors (Lipinski definition) is 5. The summed E-state index contributed by atoms with van der Waals surface area (Å²) in [6.45, 7) is 3.35. The summed E-state index contributed by atoms with van der Waals surface area (Å²) in [7, 11) is 0. The fourth-order valence-electron chi connectivity index (χ4n) is 1.52. The summed E-state index contributed by atoms with van der Waals surface area (Å²) in [4.78, 5) is 12.7. The zero-order chi connectivity index (χ0) is 12.6. The lowest BCUT2D eigenvalue weighted by Gasteiger charge is -2.16. The molecular formula is C9H8N4O4. The van der Waals surface area contributed by atoms with Crippen molar-refractivity contribution in [1.82, 2.24) is 0 Å². The average molecular weight is 236 g/mol. The lowest BCUT2D eigenvalue weighted by atomic mass is 10.2. The summed E-state index contributed by atoms with van der Waals surface area (Å²) in [5, 5.41) is 14.0. The van der Waals surface area contributed by atoms with E-state index in [1.807, 2.05) is 0 Å². The van der Waals surface area contributed by atoms with E-state index in [-0.39, 0.29) is 17.1 Å². The van der Waals surface area contributed by atoms with Crippen LogP contribution in [-0.2, 0) is 0 Å². The molecule has 1 aromatic rings. The first-order chi connectivity index (χ1) is 7.93. The fraction of sp³-hybridized carbons (Fsp3) is 0.333. The molecule has 1 heterocycles. The van der Waals surface area contributed by atoms with E-state index in [0.717, 1.165) is 0 Å². The predicted octanol–water partition coefficient (Wildman–Crippen LogP) is 3.04. The second-order valence-electron chi connectivity index (χ2n) is 3.84. The molecule has 2 rings (SSSR count). The highest BCUT2D eigenvalue weighted by Crippen LogP contribution is 2.45. The molecule has 0 fully saturated rings. The second kappa shape index (κ2) is 3.53. The molecule has 8 heteroatoms. The van der Waals surface area contributed by atoms with Crippen molar-refractivity contribution in [2.45, 2.75) is 19.6 Å². The van der Waals surface area contributed by atoms with Crippen molar-refractivity contribution in [2.24, 2.45) is 5.11 Å². The molecule has 0 unspecified atom stereocenters. The van der Waals surface area contributed by atoms with E-state index < -0.39 is 10.7 Å². The molecule has 1 aromatic carbocycles. The van der Waals surface area contributed by atoms with Gasteiger partial charge in [-0.15, -0.1) is 0 Å². The van der Waals surface area contributed by atoms with Crippen molar-refractivity contribution in [3.8, 4) is 11.5 Å². The van der Waals surface area contributed by atoms with E-state index in [1.54, 1.807) is 13.8 Å². The van der Waals surface area contributed by atoms with Gasteiger partial charge < -0.3 is 9.47 Å². The number of nitro benzene ring substituents is 1. The van der Waals surface area contributed by atoms with Crippen LogP contribution in [0.5, 0.6) is 11.5 Å². The van der Waals surface area contributed by atoms with Crippen LogP contribution in [-0.4, -0.2) is 10.7 Å². The SMILES string of the molecule is CC1(C)Oc2cc(N=[N+]=[N-])c([N+](=O)[O-])cc2O1. The highest BCUT2D eigenvalue weighted by Gasteiger charge is 2.34. The van der Waals surface area contributed by atoms with Crippen molar-refractivity contribution < 1.29 is 14.4 Å². The lowest BCUT2D eigenvalue weighted by molar-refractivity contribution is -0.384. The van der Waals surface area contributed by atoms with Gasteiger partial charge in [-0.2, -0.15) is 0 Å². The first kappa shape index (κ1) is 11.0. The quantitative estimate of drug-likeness (QED) is 0.258. The number of nitro groups is 1. The van der Waals surface area contributed by atoms with Crippen molar-refractivity contribution in [2.75, 3.05) is 0 Å². The molecule has 8 nitrogen and oxygen atoms in total. The van der Waals surface area contributed by atoms with Gasteiger partial charge in [0.25, 0.3) is 5.69 Å². The van der Waals surface area contributed by atoms with E-state index in [9.17, 15) is 10.1 Å². The molecule has 0 atom stereocenters. The minimum absolute atomic E-state index is 0.0995. The number of nitrogens with zero attached hydrogens (tertiary/aromatic N) is 4. The van der Waals surface area contributed by atoms with E-state index >= 15 is 0 Å². The number of hydrogen-bond donors (Lipinski definition) is 0. The van der Waals surface area contributed by atoms with Crippen molar-refractivity contribution in [3.63, 3.8) is 0 Å². The zero-order valence-corrected chi connectivity index (χ0v) is 9.08. The Labute approximate surface area is 95.5 Å². The molecule has 0 saturated carbocycles. The van der Waals surface area contributed by atoms with Crippen LogP contribution < -0.4 is 9.47 Å². The second-order valence-corrected chi connectivity index (χ2v) is 3.84. The smallest absolute Gasteiger partial charge is 0.282 e. The van der Waals surface area contributed by atoms with Crippen LogP contribution in [0.4, 0.5) is 11.4 Å². The molecule has 0 bridgehead atoms. The third-order valence-electron chi connectivity index (χ3n) is 2.10.